The van der Waals surface area contributed by atoms with E-state index < -0.39 is 11.8 Å². The van der Waals surface area contributed by atoms with E-state index in [4.69, 9.17) is 16.2 Å². The second kappa shape index (κ2) is 9.71. The summed E-state index contributed by atoms with van der Waals surface area (Å²) in [6.45, 7) is 6.52. The summed E-state index contributed by atoms with van der Waals surface area (Å²) in [6.07, 6.45) is 0.937. The van der Waals surface area contributed by atoms with Gasteiger partial charge in [0.1, 0.15) is 11.6 Å². The number of amides is 1. The molecule has 1 aromatic heterocycles. The number of hydrogen-bond donors (Lipinski definition) is 2. The molecule has 0 radical (unpaired) electrons. The largest absolute Gasteiger partial charge is 0.494 e. The molecule has 2 aromatic rings. The molecule has 1 aromatic carbocycles. The third-order valence-electron chi connectivity index (χ3n) is 5.83. The van der Waals surface area contributed by atoms with Crippen LogP contribution in [0.5, 0.6) is 5.75 Å². The summed E-state index contributed by atoms with van der Waals surface area (Å²) < 4.78 is 6.10. The monoisotopic (exact) mass is 510 g/mol. The fourth-order valence-corrected chi connectivity index (χ4v) is 6.09. The zero-order valence-corrected chi connectivity index (χ0v) is 21.3. The molecule has 0 spiro atoms. The lowest BCUT2D eigenvalue weighted by Gasteiger charge is -2.42. The number of anilines is 1. The maximum Gasteiger partial charge on any atom is 0.227 e. The lowest BCUT2D eigenvalue weighted by atomic mass is 9.68. The second-order valence-corrected chi connectivity index (χ2v) is 11.3. The molecule has 0 saturated carbocycles. The molecule has 1 unspecified atom stereocenters. The Hall–Kier alpha value is -3.36. The first-order chi connectivity index (χ1) is 16.6. The lowest BCUT2D eigenvalue weighted by Crippen LogP contribution is -2.42. The molecule has 182 valence electrons. The van der Waals surface area contributed by atoms with Crippen molar-refractivity contribution >= 4 is 39.9 Å². The summed E-state index contributed by atoms with van der Waals surface area (Å²) in [5, 5.41) is 19.0. The quantitative estimate of drug-likeness (QED) is 0.534. The number of nitriles is 1. The third kappa shape index (κ3) is 4.90. The summed E-state index contributed by atoms with van der Waals surface area (Å²) in [5.74, 6) is -0.0560. The number of nitrogens with two attached hydrogens (primary N) is 2. The van der Waals surface area contributed by atoms with E-state index >= 15 is 0 Å². The molecule has 11 heteroatoms. The molecule has 1 aliphatic carbocycles. The number of ether oxygens (including phenoxy) is 1. The molecule has 1 amide bonds. The highest BCUT2D eigenvalue weighted by atomic mass is 32.2. The Kier molecular flexibility index (Phi) is 6.87. The van der Waals surface area contributed by atoms with Crippen molar-refractivity contribution in [1.29, 1.82) is 5.26 Å². The molecule has 4 rings (SSSR count). The van der Waals surface area contributed by atoms with Crippen molar-refractivity contribution in [2.45, 2.75) is 43.9 Å². The minimum absolute atomic E-state index is 0.0202. The number of ketones is 1. The van der Waals surface area contributed by atoms with E-state index in [0.717, 1.165) is 11.3 Å². The summed E-state index contributed by atoms with van der Waals surface area (Å²) in [6, 6.07) is 9.66. The van der Waals surface area contributed by atoms with Gasteiger partial charge in [0.2, 0.25) is 11.0 Å². The topological polar surface area (TPSA) is 148 Å². The molecule has 9 nitrogen and oxygen atoms in total. The van der Waals surface area contributed by atoms with Gasteiger partial charge in [0.05, 0.1) is 29.9 Å². The number of Topliss-reactive ketones (excluding diaryl/α,β-unsaturated/α-hetero) is 1. The summed E-state index contributed by atoms with van der Waals surface area (Å²) >= 11 is 2.41. The van der Waals surface area contributed by atoms with Crippen LogP contribution in [0.4, 0.5) is 5.13 Å². The Morgan fingerprint density at radius 3 is 2.66 bits per heavy atom. The zero-order valence-electron chi connectivity index (χ0n) is 19.7. The van der Waals surface area contributed by atoms with Crippen molar-refractivity contribution in [3.8, 4) is 11.8 Å². The lowest BCUT2D eigenvalue weighted by molar-refractivity contribution is -0.118. The van der Waals surface area contributed by atoms with Crippen LogP contribution in [0, 0.1) is 16.7 Å². The van der Waals surface area contributed by atoms with Gasteiger partial charge < -0.3 is 16.2 Å². The van der Waals surface area contributed by atoms with Crippen LogP contribution in [0.2, 0.25) is 0 Å². The highest BCUT2D eigenvalue weighted by Crippen LogP contribution is 2.50. The summed E-state index contributed by atoms with van der Waals surface area (Å²) in [5.41, 5.74) is 13.9. The van der Waals surface area contributed by atoms with Gasteiger partial charge in [0, 0.05) is 17.7 Å². The predicted octanol–water partition coefficient (Wildman–Crippen LogP) is 3.46. The zero-order chi connectivity index (χ0) is 25.3. The summed E-state index contributed by atoms with van der Waals surface area (Å²) in [4.78, 5) is 26.4. The average Bonchev–Trinajstić information content (AvgIpc) is 3.25. The van der Waals surface area contributed by atoms with Crippen LogP contribution in [0.1, 0.15) is 45.1 Å². The predicted molar refractivity (Wildman–Crippen MR) is 135 cm³/mol. The maximum atomic E-state index is 13.6. The number of aromatic nitrogens is 2. The van der Waals surface area contributed by atoms with Crippen LogP contribution >= 0.6 is 23.1 Å². The minimum atomic E-state index is -0.581. The SMILES string of the molecule is CCOc1ccc(C2C(C#N)=C(N)N(c3nnc(SCC(N)=O)s3)C3=C2C(=O)CC(C)(C)C3)cc1. The molecule has 1 aliphatic heterocycles. The van der Waals surface area contributed by atoms with Crippen LogP contribution < -0.4 is 21.1 Å². The van der Waals surface area contributed by atoms with Crippen LogP contribution in [-0.2, 0) is 9.59 Å². The van der Waals surface area contributed by atoms with Crippen LogP contribution in [0.25, 0.3) is 0 Å². The van der Waals surface area contributed by atoms with Crippen molar-refractivity contribution < 1.29 is 14.3 Å². The van der Waals surface area contributed by atoms with Crippen LogP contribution in [0.3, 0.4) is 0 Å². The maximum absolute atomic E-state index is 13.6. The molecule has 0 fully saturated rings. The van der Waals surface area contributed by atoms with Gasteiger partial charge in [0.15, 0.2) is 10.1 Å². The normalized spacial score (nSPS) is 19.4. The van der Waals surface area contributed by atoms with Crippen LogP contribution in [-0.4, -0.2) is 34.2 Å². The number of allylic oxidation sites excluding steroid dienone is 3. The average molecular weight is 511 g/mol. The number of thioether (sulfide) groups is 1. The van der Waals surface area contributed by atoms with Gasteiger partial charge >= 0.3 is 0 Å². The Bertz CT molecular complexity index is 1270. The van der Waals surface area contributed by atoms with Crippen molar-refractivity contribution in [1.82, 2.24) is 10.2 Å². The van der Waals surface area contributed by atoms with Gasteiger partial charge in [-0.05, 0) is 36.5 Å². The fraction of sp³-hybridized carbons (Fsp3) is 0.375. The number of primary amides is 1. The van der Waals surface area contributed by atoms with E-state index in [-0.39, 0.29) is 28.3 Å². The van der Waals surface area contributed by atoms with E-state index in [2.05, 4.69) is 16.3 Å². The molecular weight excluding hydrogens is 484 g/mol. The summed E-state index contributed by atoms with van der Waals surface area (Å²) in [7, 11) is 0. The Labute approximate surface area is 211 Å². The number of carbonyl (C=O) groups is 2. The van der Waals surface area contributed by atoms with Crippen molar-refractivity contribution in [2.24, 2.45) is 16.9 Å². The van der Waals surface area contributed by atoms with E-state index in [9.17, 15) is 14.9 Å². The van der Waals surface area contributed by atoms with Gasteiger partial charge in [-0.1, -0.05) is 49.1 Å². The Balaban J connectivity index is 1.85. The van der Waals surface area contributed by atoms with E-state index in [1.807, 2.05) is 45.0 Å². The highest BCUT2D eigenvalue weighted by Gasteiger charge is 2.45. The van der Waals surface area contributed by atoms with Gasteiger partial charge in [-0.15, -0.1) is 10.2 Å². The van der Waals surface area contributed by atoms with Crippen molar-refractivity contribution in [2.75, 3.05) is 17.3 Å². The van der Waals surface area contributed by atoms with Gasteiger partial charge in [-0.3, -0.25) is 14.5 Å². The first-order valence-electron chi connectivity index (χ1n) is 11.1. The van der Waals surface area contributed by atoms with Crippen molar-refractivity contribution in [3.63, 3.8) is 0 Å². The molecule has 0 bridgehead atoms. The first kappa shape index (κ1) is 24.8. The van der Waals surface area contributed by atoms with Gasteiger partial charge in [-0.2, -0.15) is 5.26 Å². The fourth-order valence-electron chi connectivity index (χ4n) is 4.47. The molecule has 4 N–H and O–H groups in total. The third-order valence-corrected chi connectivity index (χ3v) is 7.89. The van der Waals surface area contributed by atoms with Crippen LogP contribution in [0.15, 0.2) is 51.3 Å². The molecule has 2 heterocycles. The van der Waals surface area contributed by atoms with Crippen molar-refractivity contribution in [3.05, 3.63) is 52.5 Å². The molecule has 2 aliphatic rings. The minimum Gasteiger partial charge on any atom is -0.494 e. The Morgan fingerprint density at radius 2 is 2.03 bits per heavy atom. The smallest absolute Gasteiger partial charge is 0.227 e. The standard InChI is InChI=1S/C24H26N6O3S2/c1-4-33-14-7-5-13(6-8-14)19-15(11-25)21(27)30(16-9-24(2,3)10-17(31)20(16)19)22-28-29-23(35-22)34-12-18(26)32/h5-8,19H,4,9-10,12,27H2,1-3H3,(H2,26,32). The number of rotatable bonds is 7. The number of nitrogens with zero attached hydrogens (tertiary/aromatic N) is 4. The first-order valence-corrected chi connectivity index (χ1v) is 12.9. The Morgan fingerprint density at radius 1 is 1.31 bits per heavy atom. The van der Waals surface area contributed by atoms with E-state index in [0.29, 0.717) is 40.2 Å². The molecule has 0 saturated heterocycles. The number of benzene rings is 1. The second-order valence-electron chi connectivity index (χ2n) is 9.09. The van der Waals surface area contributed by atoms with Gasteiger partial charge in [-0.25, -0.2) is 0 Å². The number of carbonyl (C=O) groups excluding carboxylic acids is 2. The number of hydrogen-bond acceptors (Lipinski definition) is 10. The van der Waals surface area contributed by atoms with Gasteiger partial charge in [0.25, 0.3) is 0 Å². The molecule has 35 heavy (non-hydrogen) atoms. The van der Waals surface area contributed by atoms with E-state index in [1.165, 1.54) is 23.1 Å². The van der Waals surface area contributed by atoms with E-state index in [1.54, 1.807) is 4.90 Å². The molecule has 1 atom stereocenters. The molecular formula is C24H26N6O3S2. The highest BCUT2D eigenvalue weighted by molar-refractivity contribution is 8.01.